The molecule has 0 fully saturated rings. The van der Waals surface area contributed by atoms with Crippen molar-refractivity contribution in [3.8, 4) is 11.8 Å². The number of hydrogen-bond donors (Lipinski definition) is 1. The van der Waals surface area contributed by atoms with Gasteiger partial charge < -0.3 is 9.84 Å². The fraction of sp³-hybridized carbons (Fsp3) is 0.133. The molecule has 2 aromatic carbocycles. The smallest absolute Gasteiger partial charge is 0.146 e. The summed E-state index contributed by atoms with van der Waals surface area (Å²) in [6, 6.07) is 13.4. The van der Waals surface area contributed by atoms with E-state index in [1.54, 1.807) is 6.07 Å². The van der Waals surface area contributed by atoms with Gasteiger partial charge in [-0.3, -0.25) is 0 Å². The van der Waals surface area contributed by atoms with Gasteiger partial charge in [-0.25, -0.2) is 0 Å². The molecule has 0 spiro atoms. The van der Waals surface area contributed by atoms with Crippen molar-refractivity contribution in [2.24, 2.45) is 0 Å². The van der Waals surface area contributed by atoms with Crippen molar-refractivity contribution < 1.29 is 9.84 Å². The molecule has 2 aromatic rings. The third-order valence-corrected chi connectivity index (χ3v) is 4.35. The lowest BCUT2D eigenvalue weighted by Gasteiger charge is -2.12. The highest BCUT2D eigenvalue weighted by atomic mass is 127. The van der Waals surface area contributed by atoms with Crippen LogP contribution in [0.25, 0.3) is 0 Å². The van der Waals surface area contributed by atoms with Crippen LogP contribution in [0, 0.1) is 18.5 Å². The van der Waals surface area contributed by atoms with E-state index in [0.29, 0.717) is 12.2 Å². The molecule has 0 heterocycles. The van der Waals surface area contributed by atoms with E-state index in [0.717, 1.165) is 24.0 Å². The predicted octanol–water partition coefficient (Wildman–Crippen LogP) is 3.84. The second-order valence-corrected chi connectivity index (χ2v) is 6.43. The molecule has 0 bridgehead atoms. The summed E-state index contributed by atoms with van der Waals surface area (Å²) < 4.78 is 7.75. The maximum absolute atomic E-state index is 9.17. The molecule has 0 aliphatic rings. The van der Waals surface area contributed by atoms with Gasteiger partial charge in [-0.15, -0.1) is 0 Å². The van der Waals surface area contributed by atoms with Gasteiger partial charge in [-0.1, -0.05) is 18.2 Å². The van der Waals surface area contributed by atoms with E-state index in [2.05, 4.69) is 51.3 Å². The van der Waals surface area contributed by atoms with Crippen LogP contribution in [0.2, 0.25) is 0 Å². The van der Waals surface area contributed by atoms with Crippen molar-refractivity contribution in [3.63, 3.8) is 0 Å². The minimum atomic E-state index is 0.0174. The summed E-state index contributed by atoms with van der Waals surface area (Å²) in [6.07, 6.45) is 0. The predicted molar refractivity (Wildman–Crippen MR) is 93.3 cm³/mol. The van der Waals surface area contributed by atoms with Crippen LogP contribution in [-0.2, 0) is 13.2 Å². The zero-order valence-corrected chi connectivity index (χ0v) is 14.8. The Morgan fingerprint density at radius 3 is 2.40 bits per heavy atom. The zero-order valence-electron chi connectivity index (χ0n) is 10.4. The summed E-state index contributed by atoms with van der Waals surface area (Å²) in [5.74, 6) is 0.788. The molecule has 20 heavy (non-hydrogen) atoms. The average molecular weight is 491 g/mol. The Morgan fingerprint density at radius 1 is 1.15 bits per heavy atom. The van der Waals surface area contributed by atoms with E-state index in [4.69, 9.17) is 10.00 Å². The number of aliphatic hydroxyl groups excluding tert-OH is 1. The second-order valence-electron chi connectivity index (χ2n) is 4.10. The van der Waals surface area contributed by atoms with Crippen LogP contribution < -0.4 is 4.74 Å². The Kier molecular flexibility index (Phi) is 5.63. The summed E-state index contributed by atoms with van der Waals surface area (Å²) >= 11 is 4.38. The third kappa shape index (κ3) is 3.62. The Morgan fingerprint density at radius 2 is 1.80 bits per heavy atom. The van der Waals surface area contributed by atoms with Crippen molar-refractivity contribution in [2.75, 3.05) is 0 Å². The summed E-state index contributed by atoms with van der Waals surface area (Å²) in [7, 11) is 0. The molecule has 5 heteroatoms. The van der Waals surface area contributed by atoms with Gasteiger partial charge in [-0.05, 0) is 68.9 Å². The fourth-order valence-electron chi connectivity index (χ4n) is 1.75. The Labute approximate surface area is 144 Å². The number of benzene rings is 2. The van der Waals surface area contributed by atoms with Crippen molar-refractivity contribution in [1.29, 1.82) is 5.26 Å². The third-order valence-electron chi connectivity index (χ3n) is 2.75. The Balaban J connectivity index is 2.22. The monoisotopic (exact) mass is 491 g/mol. The highest BCUT2D eigenvalue weighted by Gasteiger charge is 2.10. The maximum Gasteiger partial charge on any atom is 0.146 e. The molecule has 0 aliphatic heterocycles. The van der Waals surface area contributed by atoms with Gasteiger partial charge in [0.05, 0.1) is 25.4 Å². The number of nitriles is 1. The number of halogens is 2. The molecule has 3 nitrogen and oxygen atoms in total. The molecule has 0 radical (unpaired) electrons. The number of aliphatic hydroxyl groups is 1. The highest BCUT2D eigenvalue weighted by molar-refractivity contribution is 14.1. The van der Waals surface area contributed by atoms with Crippen LogP contribution in [0.15, 0.2) is 36.4 Å². The molecule has 0 saturated heterocycles. The SMILES string of the molecule is N#Cc1ccccc1COc1c(I)cc(CO)cc1I. The molecule has 0 amide bonds. The maximum atomic E-state index is 9.17. The minimum absolute atomic E-state index is 0.0174. The van der Waals surface area contributed by atoms with Crippen molar-refractivity contribution in [1.82, 2.24) is 0 Å². The Hall–Kier alpha value is -0.850. The molecule has 0 atom stereocenters. The van der Waals surface area contributed by atoms with Gasteiger partial charge in [-0.2, -0.15) is 5.26 Å². The van der Waals surface area contributed by atoms with Crippen molar-refractivity contribution in [3.05, 3.63) is 60.2 Å². The first-order valence-electron chi connectivity index (χ1n) is 5.85. The second kappa shape index (κ2) is 7.24. The molecule has 0 saturated carbocycles. The van der Waals surface area contributed by atoms with Crippen LogP contribution in [-0.4, -0.2) is 5.11 Å². The van der Waals surface area contributed by atoms with E-state index in [1.165, 1.54) is 0 Å². The molecule has 102 valence electrons. The zero-order chi connectivity index (χ0) is 14.5. The van der Waals surface area contributed by atoms with E-state index in [-0.39, 0.29) is 6.61 Å². The molecule has 0 aliphatic carbocycles. The Bertz CT molecular complexity index is 642. The first-order chi connectivity index (χ1) is 9.65. The molecule has 0 unspecified atom stereocenters. The van der Waals surface area contributed by atoms with Crippen LogP contribution >= 0.6 is 45.2 Å². The van der Waals surface area contributed by atoms with Crippen LogP contribution in [0.5, 0.6) is 5.75 Å². The van der Waals surface area contributed by atoms with Gasteiger partial charge in [0.1, 0.15) is 12.4 Å². The lowest BCUT2D eigenvalue weighted by atomic mass is 10.1. The van der Waals surface area contributed by atoms with Gasteiger partial charge in [0, 0.05) is 5.56 Å². The standard InChI is InChI=1S/C15H11I2NO2/c16-13-5-10(8-19)6-14(17)15(13)20-9-12-4-2-1-3-11(12)7-18/h1-6,19H,8-9H2. The molecule has 1 N–H and O–H groups in total. The quantitative estimate of drug-likeness (QED) is 0.662. The summed E-state index contributed by atoms with van der Waals surface area (Å²) in [5.41, 5.74) is 2.36. The van der Waals surface area contributed by atoms with Gasteiger partial charge >= 0.3 is 0 Å². The van der Waals surface area contributed by atoms with Crippen LogP contribution in [0.4, 0.5) is 0 Å². The highest BCUT2D eigenvalue weighted by Crippen LogP contribution is 2.30. The number of nitrogens with zero attached hydrogens (tertiary/aromatic N) is 1. The number of hydrogen-bond acceptors (Lipinski definition) is 3. The first kappa shape index (κ1) is 15.5. The average Bonchev–Trinajstić information content (AvgIpc) is 2.46. The fourth-order valence-corrected chi connectivity index (χ4v) is 3.96. The first-order valence-corrected chi connectivity index (χ1v) is 8.01. The lowest BCUT2D eigenvalue weighted by Crippen LogP contribution is -2.02. The van der Waals surface area contributed by atoms with E-state index in [1.807, 2.05) is 30.3 Å². The van der Waals surface area contributed by atoms with Crippen LogP contribution in [0.3, 0.4) is 0 Å². The lowest BCUT2D eigenvalue weighted by molar-refractivity contribution is 0.280. The number of rotatable bonds is 4. The summed E-state index contributed by atoms with van der Waals surface area (Å²) in [4.78, 5) is 0. The summed E-state index contributed by atoms with van der Waals surface area (Å²) in [6.45, 7) is 0.373. The van der Waals surface area contributed by atoms with E-state index >= 15 is 0 Å². The summed E-state index contributed by atoms with van der Waals surface area (Å²) in [5, 5.41) is 18.2. The van der Waals surface area contributed by atoms with Gasteiger partial charge in [0.25, 0.3) is 0 Å². The molecular formula is C15H11I2NO2. The van der Waals surface area contributed by atoms with Gasteiger partial charge in [0.15, 0.2) is 0 Å². The van der Waals surface area contributed by atoms with E-state index in [9.17, 15) is 5.11 Å². The number of ether oxygens (including phenoxy) is 1. The van der Waals surface area contributed by atoms with Crippen molar-refractivity contribution in [2.45, 2.75) is 13.2 Å². The largest absolute Gasteiger partial charge is 0.487 e. The van der Waals surface area contributed by atoms with Crippen molar-refractivity contribution >= 4 is 45.2 Å². The van der Waals surface area contributed by atoms with E-state index < -0.39 is 0 Å². The minimum Gasteiger partial charge on any atom is -0.487 e. The molecular weight excluding hydrogens is 480 g/mol. The topological polar surface area (TPSA) is 53.2 Å². The van der Waals surface area contributed by atoms with Gasteiger partial charge in [0.2, 0.25) is 0 Å². The molecule has 0 aromatic heterocycles. The normalized spacial score (nSPS) is 10.1. The molecule has 2 rings (SSSR count). The van der Waals surface area contributed by atoms with Crippen LogP contribution in [0.1, 0.15) is 16.7 Å².